The standard InChI is InChI=1S/C29H24F9N5O/c1-3-23(44)17-10-21(29(36,37)38)25(39-13-17)42-8-9-43(15(2)14-42)26-40-22-12-19(28(33,34)35)11-20(24(22)41-26)16-4-6-18(7-5-16)27(30,31)32/h3-7,10-13,15,23,44H,1,8-9,14H2,2H3,(H,40,41)/t15-,23?/m1/s1. The van der Waals surface area contributed by atoms with Crippen LogP contribution < -0.4 is 9.80 Å². The van der Waals surface area contributed by atoms with Gasteiger partial charge in [0.1, 0.15) is 5.82 Å². The summed E-state index contributed by atoms with van der Waals surface area (Å²) in [6.07, 6.45) is -13.3. The van der Waals surface area contributed by atoms with E-state index in [1.165, 1.54) is 4.90 Å². The van der Waals surface area contributed by atoms with Gasteiger partial charge in [0, 0.05) is 43.0 Å². The van der Waals surface area contributed by atoms with Gasteiger partial charge in [-0.15, -0.1) is 6.58 Å². The first-order valence-corrected chi connectivity index (χ1v) is 13.2. The van der Waals surface area contributed by atoms with Crippen LogP contribution in [-0.2, 0) is 18.5 Å². The second kappa shape index (κ2) is 11.0. The molecule has 4 aromatic rings. The van der Waals surface area contributed by atoms with Gasteiger partial charge in [-0.05, 0) is 42.8 Å². The molecule has 2 N–H and O–H groups in total. The minimum Gasteiger partial charge on any atom is -0.384 e. The molecule has 0 amide bonds. The van der Waals surface area contributed by atoms with Crippen molar-refractivity contribution in [3.05, 3.63) is 83.6 Å². The molecule has 0 bridgehead atoms. The highest BCUT2D eigenvalue weighted by Crippen LogP contribution is 2.40. The Hall–Kier alpha value is -4.27. The summed E-state index contributed by atoms with van der Waals surface area (Å²) in [5.41, 5.74) is -3.01. The van der Waals surface area contributed by atoms with Crippen LogP contribution in [0.1, 0.15) is 35.3 Å². The van der Waals surface area contributed by atoms with Crippen LogP contribution in [0.2, 0.25) is 0 Å². The van der Waals surface area contributed by atoms with Gasteiger partial charge in [0.15, 0.2) is 0 Å². The van der Waals surface area contributed by atoms with E-state index in [9.17, 15) is 44.6 Å². The number of aliphatic hydroxyl groups excluding tert-OH is 1. The molecule has 15 heteroatoms. The summed E-state index contributed by atoms with van der Waals surface area (Å²) >= 11 is 0. The number of piperazine rings is 1. The molecule has 1 saturated heterocycles. The zero-order chi connectivity index (χ0) is 32.2. The molecule has 5 rings (SSSR count). The largest absolute Gasteiger partial charge is 0.419 e. The molecule has 2 aromatic heterocycles. The van der Waals surface area contributed by atoms with Crippen LogP contribution in [0.5, 0.6) is 0 Å². The molecular weight excluding hydrogens is 605 g/mol. The molecule has 2 aromatic carbocycles. The second-order valence-electron chi connectivity index (χ2n) is 10.4. The van der Waals surface area contributed by atoms with Gasteiger partial charge in [0.05, 0.1) is 33.8 Å². The summed E-state index contributed by atoms with van der Waals surface area (Å²) in [6, 6.07) is 5.64. The van der Waals surface area contributed by atoms with E-state index in [0.717, 1.165) is 54.7 Å². The fraction of sp³-hybridized carbons (Fsp3) is 0.310. The Morgan fingerprint density at radius 3 is 2.16 bits per heavy atom. The van der Waals surface area contributed by atoms with Crippen molar-refractivity contribution in [1.82, 2.24) is 15.0 Å². The Bertz CT molecular complexity index is 1680. The molecule has 44 heavy (non-hydrogen) atoms. The maximum atomic E-state index is 13.9. The SMILES string of the molecule is C=CC(O)c1cnc(N2CCN(c3nc4c(-c5ccc(C(F)(F)F)cc5)cc(C(F)(F)F)cc4[nH]3)[C@H](C)C2)c(C(F)(F)F)c1. The molecule has 1 aliphatic heterocycles. The van der Waals surface area contributed by atoms with Gasteiger partial charge in [-0.1, -0.05) is 18.2 Å². The molecule has 1 aliphatic rings. The van der Waals surface area contributed by atoms with Gasteiger partial charge < -0.3 is 19.9 Å². The number of pyridine rings is 1. The third-order valence-electron chi connectivity index (χ3n) is 7.38. The predicted molar refractivity (Wildman–Crippen MR) is 145 cm³/mol. The van der Waals surface area contributed by atoms with E-state index in [1.54, 1.807) is 11.8 Å². The molecular formula is C29H24F9N5O. The first-order chi connectivity index (χ1) is 20.5. The highest BCUT2D eigenvalue weighted by atomic mass is 19.4. The number of alkyl halides is 9. The summed E-state index contributed by atoms with van der Waals surface area (Å²) in [4.78, 5) is 14.4. The summed E-state index contributed by atoms with van der Waals surface area (Å²) in [7, 11) is 0. The highest BCUT2D eigenvalue weighted by Gasteiger charge is 2.39. The number of aliphatic hydroxyl groups is 1. The highest BCUT2D eigenvalue weighted by molar-refractivity contribution is 5.94. The van der Waals surface area contributed by atoms with Gasteiger partial charge in [0.2, 0.25) is 5.95 Å². The van der Waals surface area contributed by atoms with Crippen LogP contribution in [0.3, 0.4) is 0 Å². The third-order valence-corrected chi connectivity index (χ3v) is 7.38. The number of anilines is 2. The zero-order valence-corrected chi connectivity index (χ0v) is 22.8. The van der Waals surface area contributed by atoms with Crippen molar-refractivity contribution < 1.29 is 44.6 Å². The van der Waals surface area contributed by atoms with Crippen LogP contribution in [-0.4, -0.2) is 45.7 Å². The zero-order valence-electron chi connectivity index (χ0n) is 22.8. The van der Waals surface area contributed by atoms with Gasteiger partial charge in [-0.3, -0.25) is 0 Å². The van der Waals surface area contributed by atoms with Crippen LogP contribution in [0.25, 0.3) is 22.2 Å². The lowest BCUT2D eigenvalue weighted by atomic mass is 9.99. The third kappa shape index (κ3) is 6.05. The van der Waals surface area contributed by atoms with Crippen molar-refractivity contribution in [2.75, 3.05) is 29.4 Å². The fourth-order valence-electron chi connectivity index (χ4n) is 5.16. The molecule has 1 unspecified atom stereocenters. The van der Waals surface area contributed by atoms with Gasteiger partial charge >= 0.3 is 18.5 Å². The van der Waals surface area contributed by atoms with Crippen LogP contribution in [0.15, 0.2) is 61.3 Å². The van der Waals surface area contributed by atoms with E-state index in [2.05, 4.69) is 21.5 Å². The number of fused-ring (bicyclic) bond motifs is 1. The van der Waals surface area contributed by atoms with E-state index in [-0.39, 0.29) is 59.1 Å². The van der Waals surface area contributed by atoms with Crippen LogP contribution in [0.4, 0.5) is 51.3 Å². The number of benzene rings is 2. The molecule has 1 fully saturated rings. The fourth-order valence-corrected chi connectivity index (χ4v) is 5.16. The average molecular weight is 630 g/mol. The maximum absolute atomic E-state index is 13.9. The van der Waals surface area contributed by atoms with Crippen molar-refractivity contribution in [3.63, 3.8) is 0 Å². The number of hydrogen-bond donors (Lipinski definition) is 2. The Morgan fingerprint density at radius 1 is 0.932 bits per heavy atom. The summed E-state index contributed by atoms with van der Waals surface area (Å²) in [5.74, 6) is -0.193. The number of nitrogens with zero attached hydrogens (tertiary/aromatic N) is 4. The van der Waals surface area contributed by atoms with Gasteiger partial charge in [-0.25, -0.2) is 9.97 Å². The van der Waals surface area contributed by atoms with Crippen LogP contribution >= 0.6 is 0 Å². The average Bonchev–Trinajstić information content (AvgIpc) is 3.38. The van der Waals surface area contributed by atoms with E-state index in [0.29, 0.717) is 0 Å². The van der Waals surface area contributed by atoms with Gasteiger partial charge in [-0.2, -0.15) is 39.5 Å². The van der Waals surface area contributed by atoms with E-state index < -0.39 is 47.4 Å². The molecule has 2 atom stereocenters. The van der Waals surface area contributed by atoms with E-state index in [1.807, 2.05) is 0 Å². The lowest BCUT2D eigenvalue weighted by Crippen LogP contribution is -2.53. The minimum absolute atomic E-state index is 0.0169. The maximum Gasteiger partial charge on any atom is 0.419 e. The van der Waals surface area contributed by atoms with E-state index in [4.69, 9.17) is 0 Å². The first kappa shape index (κ1) is 31.2. The summed E-state index contributed by atoms with van der Waals surface area (Å²) in [5, 5.41) is 9.92. The normalized spacial score (nSPS) is 17.3. The van der Waals surface area contributed by atoms with Crippen molar-refractivity contribution in [2.24, 2.45) is 0 Å². The number of H-pyrrole nitrogens is 1. The van der Waals surface area contributed by atoms with Crippen LogP contribution in [0, 0.1) is 0 Å². The number of hydrogen-bond acceptors (Lipinski definition) is 5. The number of aromatic nitrogens is 3. The lowest BCUT2D eigenvalue weighted by Gasteiger charge is -2.41. The molecule has 0 saturated carbocycles. The number of aromatic amines is 1. The topological polar surface area (TPSA) is 68.3 Å². The van der Waals surface area contributed by atoms with Crippen molar-refractivity contribution >= 4 is 22.8 Å². The first-order valence-electron chi connectivity index (χ1n) is 13.2. The molecule has 0 spiro atoms. The Balaban J connectivity index is 1.49. The second-order valence-corrected chi connectivity index (χ2v) is 10.4. The lowest BCUT2D eigenvalue weighted by molar-refractivity contribution is -0.138. The molecule has 234 valence electrons. The molecule has 0 aliphatic carbocycles. The number of imidazole rings is 1. The summed E-state index contributed by atoms with van der Waals surface area (Å²) in [6.45, 7) is 5.26. The minimum atomic E-state index is -4.77. The number of halogens is 9. The number of nitrogens with one attached hydrogen (secondary N) is 1. The Morgan fingerprint density at radius 2 is 1.59 bits per heavy atom. The number of rotatable bonds is 5. The predicted octanol–water partition coefficient (Wildman–Crippen LogP) is 7.62. The van der Waals surface area contributed by atoms with Gasteiger partial charge in [0.25, 0.3) is 0 Å². The van der Waals surface area contributed by atoms with E-state index >= 15 is 0 Å². The molecule has 6 nitrogen and oxygen atoms in total. The summed E-state index contributed by atoms with van der Waals surface area (Å²) < 4.78 is 122. The quantitative estimate of drug-likeness (QED) is 0.176. The van der Waals surface area contributed by atoms with Crippen molar-refractivity contribution in [2.45, 2.75) is 37.6 Å². The molecule has 3 heterocycles. The Kier molecular flexibility index (Phi) is 7.81. The monoisotopic (exact) mass is 629 g/mol. The van der Waals surface area contributed by atoms with Crippen molar-refractivity contribution in [3.8, 4) is 11.1 Å². The smallest absolute Gasteiger partial charge is 0.384 e. The Labute approximate surface area is 244 Å². The van der Waals surface area contributed by atoms with Crippen molar-refractivity contribution in [1.29, 1.82) is 0 Å². The molecule has 0 radical (unpaired) electrons.